The number of ether oxygens (including phenoxy) is 1. The molecule has 1 atom stereocenters. The van der Waals surface area contributed by atoms with Crippen molar-refractivity contribution in [1.29, 1.82) is 0 Å². The van der Waals surface area contributed by atoms with Crippen molar-refractivity contribution in [2.45, 2.75) is 53.4 Å². The molecule has 0 bridgehead atoms. The van der Waals surface area contributed by atoms with Crippen LogP contribution in [0, 0.1) is 5.41 Å². The minimum Gasteiger partial charge on any atom is -0.411 e. The first-order chi connectivity index (χ1) is 14.7. The summed E-state index contributed by atoms with van der Waals surface area (Å²) in [4.78, 5) is 17.2. The van der Waals surface area contributed by atoms with Crippen molar-refractivity contribution in [1.82, 2.24) is 29.7 Å². The first kappa shape index (κ1) is 23.5. The highest BCUT2D eigenvalue weighted by Crippen LogP contribution is 2.40. The molecular weight excluding hydrogens is 434 g/mol. The van der Waals surface area contributed by atoms with Crippen molar-refractivity contribution < 1.29 is 9.16 Å². The van der Waals surface area contributed by atoms with Gasteiger partial charge in [0.05, 0.1) is 19.3 Å². The number of aromatic nitrogens is 6. The number of anilines is 2. The van der Waals surface area contributed by atoms with Crippen LogP contribution in [0.15, 0.2) is 18.6 Å². The summed E-state index contributed by atoms with van der Waals surface area (Å²) in [5.41, 5.74) is 1.99. The van der Waals surface area contributed by atoms with E-state index < -0.39 is 9.04 Å². The van der Waals surface area contributed by atoms with Gasteiger partial charge in [-0.15, -0.1) is 0 Å². The van der Waals surface area contributed by atoms with Gasteiger partial charge in [0.1, 0.15) is 28.9 Å². The Morgan fingerprint density at radius 2 is 2.03 bits per heavy atom. The third-order valence-corrected chi connectivity index (χ3v) is 5.49. The molecule has 0 aromatic carbocycles. The van der Waals surface area contributed by atoms with E-state index in [1.807, 2.05) is 11.6 Å². The van der Waals surface area contributed by atoms with Crippen molar-refractivity contribution >= 4 is 43.3 Å². The molecule has 168 valence electrons. The maximum absolute atomic E-state index is 6.43. The molecule has 3 aromatic rings. The molecule has 1 N–H and O–H groups in total. The van der Waals surface area contributed by atoms with Gasteiger partial charge in [0.15, 0.2) is 14.9 Å². The second-order valence-corrected chi connectivity index (χ2v) is 11.2. The number of rotatable bonds is 9. The summed E-state index contributed by atoms with van der Waals surface area (Å²) in [6.45, 7) is 14.4. The van der Waals surface area contributed by atoms with E-state index in [0.717, 1.165) is 11.2 Å². The van der Waals surface area contributed by atoms with Gasteiger partial charge in [0.2, 0.25) is 5.28 Å². The molecule has 1 unspecified atom stereocenters. The smallest absolute Gasteiger partial charge is 0.225 e. The van der Waals surface area contributed by atoms with E-state index in [2.05, 4.69) is 59.1 Å². The molecule has 3 heterocycles. The molecular formula is C20H30ClN7O2Si. The largest absolute Gasteiger partial charge is 0.411 e. The standard InChI is InChI=1S/C20H30ClN7O2Si/c1-7-29-11-10-28-16-14(15(27-28)17(20(2,3)4)30-31(5)6)25-19(21)26-18(16)24-13-8-9-22-12-23-13/h8-9,12,17,31H,7,10-11H2,1-6H3,(H,22,23,24,25,26). The topological polar surface area (TPSA) is 99.9 Å². The molecule has 0 radical (unpaired) electrons. The van der Waals surface area contributed by atoms with E-state index in [4.69, 9.17) is 25.9 Å². The van der Waals surface area contributed by atoms with Crippen molar-refractivity contribution in [2.24, 2.45) is 5.41 Å². The lowest BCUT2D eigenvalue weighted by atomic mass is 9.87. The van der Waals surface area contributed by atoms with Crippen LogP contribution in [0.5, 0.6) is 0 Å². The minimum atomic E-state index is -1.36. The molecule has 3 aromatic heterocycles. The zero-order chi connectivity index (χ0) is 22.6. The molecule has 0 amide bonds. The Labute approximate surface area is 189 Å². The van der Waals surface area contributed by atoms with Crippen LogP contribution in [0.1, 0.15) is 39.5 Å². The average molecular weight is 464 g/mol. The third-order valence-electron chi connectivity index (χ3n) is 4.51. The summed E-state index contributed by atoms with van der Waals surface area (Å²) in [5, 5.41) is 8.28. The van der Waals surface area contributed by atoms with Gasteiger partial charge < -0.3 is 14.5 Å². The van der Waals surface area contributed by atoms with Crippen LogP contribution in [-0.2, 0) is 15.7 Å². The van der Waals surface area contributed by atoms with Crippen LogP contribution >= 0.6 is 11.6 Å². The Morgan fingerprint density at radius 3 is 2.65 bits per heavy atom. The summed E-state index contributed by atoms with van der Waals surface area (Å²) in [7, 11) is -1.36. The minimum absolute atomic E-state index is 0.129. The van der Waals surface area contributed by atoms with Gasteiger partial charge in [-0.2, -0.15) is 10.1 Å². The lowest BCUT2D eigenvalue weighted by Crippen LogP contribution is -2.26. The van der Waals surface area contributed by atoms with Gasteiger partial charge in [-0.3, -0.25) is 4.68 Å². The molecule has 11 heteroatoms. The Hall–Kier alpha value is -2.14. The Morgan fingerprint density at radius 1 is 1.26 bits per heavy atom. The molecule has 0 aliphatic carbocycles. The zero-order valence-corrected chi connectivity index (χ0v) is 20.8. The fourth-order valence-corrected chi connectivity index (χ4v) is 4.49. The first-order valence-corrected chi connectivity index (χ1v) is 13.6. The van der Waals surface area contributed by atoms with E-state index in [9.17, 15) is 0 Å². The van der Waals surface area contributed by atoms with Crippen LogP contribution in [0.2, 0.25) is 18.4 Å². The van der Waals surface area contributed by atoms with Crippen molar-refractivity contribution in [3.63, 3.8) is 0 Å². The van der Waals surface area contributed by atoms with Gasteiger partial charge in [0.25, 0.3) is 0 Å². The Kier molecular flexibility index (Phi) is 7.58. The van der Waals surface area contributed by atoms with Crippen LogP contribution in [-0.4, -0.2) is 52.0 Å². The van der Waals surface area contributed by atoms with Gasteiger partial charge in [0, 0.05) is 12.8 Å². The summed E-state index contributed by atoms with van der Waals surface area (Å²) in [6, 6.07) is 1.76. The predicted octanol–water partition coefficient (Wildman–Crippen LogP) is 4.14. The van der Waals surface area contributed by atoms with E-state index >= 15 is 0 Å². The maximum atomic E-state index is 6.43. The highest BCUT2D eigenvalue weighted by Gasteiger charge is 2.34. The fourth-order valence-electron chi connectivity index (χ4n) is 3.24. The molecule has 0 fully saturated rings. The van der Waals surface area contributed by atoms with Gasteiger partial charge in [-0.1, -0.05) is 20.8 Å². The number of halogens is 1. The first-order valence-electron chi connectivity index (χ1n) is 10.4. The summed E-state index contributed by atoms with van der Waals surface area (Å²) < 4.78 is 13.9. The lowest BCUT2D eigenvalue weighted by Gasteiger charge is -2.31. The molecule has 31 heavy (non-hydrogen) atoms. The van der Waals surface area contributed by atoms with Crippen molar-refractivity contribution in [2.75, 3.05) is 18.5 Å². The fraction of sp³-hybridized carbons (Fsp3) is 0.550. The summed E-state index contributed by atoms with van der Waals surface area (Å²) in [6.07, 6.45) is 2.90. The van der Waals surface area contributed by atoms with E-state index in [1.165, 1.54) is 6.33 Å². The predicted molar refractivity (Wildman–Crippen MR) is 124 cm³/mol. The molecule has 0 aliphatic heterocycles. The molecule has 3 rings (SSSR count). The van der Waals surface area contributed by atoms with Gasteiger partial charge >= 0.3 is 0 Å². The van der Waals surface area contributed by atoms with Gasteiger partial charge in [-0.05, 0) is 43.1 Å². The summed E-state index contributed by atoms with van der Waals surface area (Å²) in [5.74, 6) is 1.13. The number of fused-ring (bicyclic) bond motifs is 1. The maximum Gasteiger partial charge on any atom is 0.225 e. The van der Waals surface area contributed by atoms with E-state index in [1.54, 1.807) is 12.3 Å². The lowest BCUT2D eigenvalue weighted by molar-refractivity contribution is 0.0824. The monoisotopic (exact) mass is 463 g/mol. The SMILES string of the molecule is CCOCCn1nc(C(O[SiH](C)C)C(C)(C)C)c2nc(Cl)nc(Nc3ccncn3)c21. The molecule has 0 spiro atoms. The van der Waals surface area contributed by atoms with Crippen LogP contribution in [0.4, 0.5) is 11.6 Å². The third kappa shape index (κ3) is 5.76. The molecule has 0 aliphatic rings. The second-order valence-electron chi connectivity index (χ2n) is 8.49. The summed E-state index contributed by atoms with van der Waals surface area (Å²) >= 11 is 6.33. The number of nitrogens with one attached hydrogen (secondary N) is 1. The highest BCUT2D eigenvalue weighted by atomic mass is 35.5. The molecule has 9 nitrogen and oxygen atoms in total. The average Bonchev–Trinajstić information content (AvgIpc) is 3.04. The molecule has 0 saturated heterocycles. The molecule has 0 saturated carbocycles. The second kappa shape index (κ2) is 9.99. The van der Waals surface area contributed by atoms with E-state index in [-0.39, 0.29) is 16.8 Å². The Balaban J connectivity index is 2.19. The normalized spacial score (nSPS) is 13.2. The Bertz CT molecular complexity index is 1010. The number of hydrogen-bond acceptors (Lipinski definition) is 8. The highest BCUT2D eigenvalue weighted by molar-refractivity contribution is 6.48. The van der Waals surface area contributed by atoms with Crippen LogP contribution < -0.4 is 5.32 Å². The number of hydrogen-bond donors (Lipinski definition) is 1. The van der Waals surface area contributed by atoms with Crippen LogP contribution in [0.3, 0.4) is 0 Å². The quantitative estimate of drug-likeness (QED) is 0.287. The van der Waals surface area contributed by atoms with E-state index in [0.29, 0.717) is 36.9 Å². The zero-order valence-electron chi connectivity index (χ0n) is 18.9. The van der Waals surface area contributed by atoms with Crippen LogP contribution in [0.25, 0.3) is 11.0 Å². The van der Waals surface area contributed by atoms with Gasteiger partial charge in [-0.25, -0.2) is 15.0 Å². The number of nitrogens with zero attached hydrogens (tertiary/aromatic N) is 6. The van der Waals surface area contributed by atoms with Crippen molar-refractivity contribution in [3.8, 4) is 0 Å². The van der Waals surface area contributed by atoms with Crippen molar-refractivity contribution in [3.05, 3.63) is 29.6 Å².